The minimum absolute atomic E-state index is 0.0809. The summed E-state index contributed by atoms with van der Waals surface area (Å²) in [5.74, 6) is 0.615. The van der Waals surface area contributed by atoms with Gasteiger partial charge in [-0.25, -0.2) is 0 Å². The summed E-state index contributed by atoms with van der Waals surface area (Å²) in [6, 6.07) is 0.961. The van der Waals surface area contributed by atoms with Crippen LogP contribution in [0, 0.1) is 11.8 Å². The third kappa shape index (κ3) is 9.48. The molecule has 0 aromatic heterocycles. The molecule has 33 heavy (non-hydrogen) atoms. The number of carbonyl (C=O) groups is 2. The molecular weight excluding hydrogens is 544 g/mol. The van der Waals surface area contributed by atoms with Crippen molar-refractivity contribution < 1.29 is 9.59 Å². The standard InChI is InChI=1S/C20H34N2O2Se2.C6H13N/c21-19(23)15-10-4-6-12-17(15)25-26-18-13-7-5-11-16(18)20(24)22-14-8-2-1-3-9-14;7-6-4-2-1-3-5-6/h14-18H,1-13H2,(H2,21,23)(H,22,24);6H,1-5,7H2. The van der Waals surface area contributed by atoms with Crippen LogP contribution in [-0.2, 0) is 9.59 Å². The number of amides is 2. The summed E-state index contributed by atoms with van der Waals surface area (Å²) < 4.78 is 0. The fraction of sp³-hybridized carbons (Fsp3) is 0.923. The monoisotopic (exact) mass is 593 g/mol. The van der Waals surface area contributed by atoms with Crippen molar-refractivity contribution >= 4 is 38.1 Å². The van der Waals surface area contributed by atoms with Crippen LogP contribution in [0.3, 0.4) is 0 Å². The van der Waals surface area contributed by atoms with Crippen molar-refractivity contribution in [3.05, 3.63) is 0 Å². The van der Waals surface area contributed by atoms with E-state index in [1.807, 2.05) is 0 Å². The number of rotatable bonds is 6. The van der Waals surface area contributed by atoms with Crippen molar-refractivity contribution in [1.29, 1.82) is 0 Å². The van der Waals surface area contributed by atoms with Crippen LogP contribution in [0.5, 0.6) is 0 Å². The number of nitrogens with one attached hydrogen (secondary N) is 1. The van der Waals surface area contributed by atoms with Crippen LogP contribution in [0.4, 0.5) is 0 Å². The van der Waals surface area contributed by atoms with Gasteiger partial charge in [0, 0.05) is 6.04 Å². The summed E-state index contributed by atoms with van der Waals surface area (Å²) in [5.41, 5.74) is 11.3. The van der Waals surface area contributed by atoms with E-state index in [2.05, 4.69) is 5.32 Å². The first-order valence-electron chi connectivity index (χ1n) is 13.7. The van der Waals surface area contributed by atoms with E-state index in [1.165, 1.54) is 96.3 Å². The first-order chi connectivity index (χ1) is 16.0. The molecular formula is C26H47N3O2Se2. The predicted molar refractivity (Wildman–Crippen MR) is 138 cm³/mol. The molecule has 4 atom stereocenters. The van der Waals surface area contributed by atoms with Gasteiger partial charge in [0.25, 0.3) is 0 Å². The molecule has 5 nitrogen and oxygen atoms in total. The minimum atomic E-state index is -0.0809. The molecule has 0 aromatic carbocycles. The summed E-state index contributed by atoms with van der Waals surface area (Å²) in [7, 11) is 0. The zero-order chi connectivity index (χ0) is 23.5. The Kier molecular flexibility index (Phi) is 12.6. The molecule has 4 unspecified atom stereocenters. The number of hydrogen-bond acceptors (Lipinski definition) is 3. The molecule has 0 radical (unpaired) electrons. The van der Waals surface area contributed by atoms with E-state index < -0.39 is 0 Å². The van der Waals surface area contributed by atoms with Crippen LogP contribution in [0.25, 0.3) is 0 Å². The van der Waals surface area contributed by atoms with Gasteiger partial charge >= 0.3 is 170 Å². The number of carbonyl (C=O) groups excluding carboxylic acids is 2. The largest absolute Gasteiger partial charge is 0.328 e. The molecule has 7 heteroatoms. The SMILES string of the molecule is NC(=O)C1CCCCC1[Se][Se]C1CCCCC1C(=O)NC1CCCCC1.NC1CCCCC1. The summed E-state index contributed by atoms with van der Waals surface area (Å²) in [6.07, 6.45) is 22.2. The Bertz CT molecular complexity index is 594. The topological polar surface area (TPSA) is 98.2 Å². The number of nitrogens with two attached hydrogens (primary N) is 2. The van der Waals surface area contributed by atoms with Gasteiger partial charge in [0.1, 0.15) is 0 Å². The Morgan fingerprint density at radius 1 is 0.606 bits per heavy atom. The number of hydrogen-bond donors (Lipinski definition) is 3. The van der Waals surface area contributed by atoms with Crippen LogP contribution < -0.4 is 16.8 Å². The van der Waals surface area contributed by atoms with Crippen molar-refractivity contribution in [2.45, 2.75) is 137 Å². The van der Waals surface area contributed by atoms with Crippen molar-refractivity contribution in [3.8, 4) is 0 Å². The van der Waals surface area contributed by atoms with E-state index >= 15 is 0 Å². The summed E-state index contributed by atoms with van der Waals surface area (Å²) >= 11 is 1.01. The van der Waals surface area contributed by atoms with Crippen molar-refractivity contribution in [2.75, 3.05) is 0 Å². The predicted octanol–water partition coefficient (Wildman–Crippen LogP) is 4.48. The molecule has 0 spiro atoms. The molecule has 0 bridgehead atoms. The molecule has 4 aliphatic carbocycles. The number of primary amides is 1. The van der Waals surface area contributed by atoms with E-state index in [9.17, 15) is 9.59 Å². The van der Waals surface area contributed by atoms with Gasteiger partial charge in [0.15, 0.2) is 0 Å². The average Bonchev–Trinajstić information content (AvgIpc) is 2.84. The maximum absolute atomic E-state index is 12.9. The van der Waals surface area contributed by atoms with E-state index in [0.29, 0.717) is 53.9 Å². The molecule has 4 aliphatic rings. The maximum atomic E-state index is 12.9. The zero-order valence-electron chi connectivity index (χ0n) is 20.5. The van der Waals surface area contributed by atoms with Crippen molar-refractivity contribution in [3.63, 3.8) is 0 Å². The van der Waals surface area contributed by atoms with Crippen LogP contribution in [0.1, 0.15) is 116 Å². The minimum Gasteiger partial charge on any atom is -0.328 e. The van der Waals surface area contributed by atoms with Gasteiger partial charge in [-0.3, -0.25) is 0 Å². The second kappa shape index (κ2) is 15.1. The Morgan fingerprint density at radius 2 is 1.06 bits per heavy atom. The van der Waals surface area contributed by atoms with Crippen molar-refractivity contribution in [2.24, 2.45) is 23.3 Å². The quantitative estimate of drug-likeness (QED) is 0.398. The molecule has 0 saturated heterocycles. The summed E-state index contributed by atoms with van der Waals surface area (Å²) in [4.78, 5) is 25.8. The van der Waals surface area contributed by atoms with Gasteiger partial charge in [-0.1, -0.05) is 19.3 Å². The van der Waals surface area contributed by atoms with Crippen molar-refractivity contribution in [1.82, 2.24) is 5.32 Å². The first-order valence-corrected chi connectivity index (χ1v) is 20.0. The van der Waals surface area contributed by atoms with Gasteiger partial charge in [-0.05, 0) is 12.8 Å². The van der Waals surface area contributed by atoms with Crippen LogP contribution in [0.2, 0.25) is 9.63 Å². The second-order valence-corrected chi connectivity index (χ2v) is 18.2. The zero-order valence-corrected chi connectivity index (χ0v) is 23.9. The Labute approximate surface area is 213 Å². The summed E-state index contributed by atoms with van der Waals surface area (Å²) in [6.45, 7) is 0. The van der Waals surface area contributed by atoms with Gasteiger partial charge in [0.2, 0.25) is 0 Å². The molecule has 0 aliphatic heterocycles. The third-order valence-electron chi connectivity index (χ3n) is 8.01. The van der Waals surface area contributed by atoms with Gasteiger partial charge in [-0.2, -0.15) is 0 Å². The van der Waals surface area contributed by atoms with Crippen LogP contribution in [-0.4, -0.2) is 50.2 Å². The first kappa shape index (κ1) is 27.5. The summed E-state index contributed by atoms with van der Waals surface area (Å²) in [5, 5.41) is 3.39. The molecule has 5 N–H and O–H groups in total. The molecule has 0 aromatic rings. The third-order valence-corrected chi connectivity index (χ3v) is 18.3. The molecule has 4 fully saturated rings. The van der Waals surface area contributed by atoms with Gasteiger partial charge < -0.3 is 5.73 Å². The average molecular weight is 592 g/mol. The molecule has 4 rings (SSSR count). The van der Waals surface area contributed by atoms with E-state index in [-0.39, 0.29) is 17.7 Å². The maximum Gasteiger partial charge on any atom is 0.00388 e. The smallest absolute Gasteiger partial charge is 0.00388 e. The fourth-order valence-corrected chi connectivity index (χ4v) is 17.4. The van der Waals surface area contributed by atoms with Crippen LogP contribution in [0.15, 0.2) is 0 Å². The Hall–Kier alpha value is -0.0610. The molecule has 4 saturated carbocycles. The Balaban J connectivity index is 0.000000374. The van der Waals surface area contributed by atoms with E-state index in [1.54, 1.807) is 0 Å². The second-order valence-electron chi connectivity index (χ2n) is 10.7. The molecule has 0 heterocycles. The van der Waals surface area contributed by atoms with Crippen LogP contribution >= 0.6 is 0 Å². The normalized spacial score (nSPS) is 31.8. The van der Waals surface area contributed by atoms with Gasteiger partial charge in [-0.15, -0.1) is 0 Å². The van der Waals surface area contributed by atoms with Gasteiger partial charge in [0.05, 0.1) is 0 Å². The molecule has 2 amide bonds. The van der Waals surface area contributed by atoms with E-state index in [4.69, 9.17) is 11.5 Å². The molecule has 190 valence electrons. The van der Waals surface area contributed by atoms with E-state index in [0.717, 1.165) is 19.3 Å². The fourth-order valence-electron chi connectivity index (χ4n) is 5.88. The Morgan fingerprint density at radius 3 is 1.58 bits per heavy atom.